The van der Waals surface area contributed by atoms with Crippen molar-refractivity contribution in [2.75, 3.05) is 0 Å². The van der Waals surface area contributed by atoms with Gasteiger partial charge in [-0.1, -0.05) is 6.92 Å². The third kappa shape index (κ3) is 5.81. The molecule has 0 aromatic heterocycles. The minimum atomic E-state index is -6.02. The SMILES string of the molecule is CCC(=O)O.O=C(O)C(F)(F)C(F)(F)F. The summed E-state index contributed by atoms with van der Waals surface area (Å²) in [4.78, 5) is 18.6. The van der Waals surface area contributed by atoms with Crippen LogP contribution in [0.5, 0.6) is 0 Å². The number of hydrogen-bond donors (Lipinski definition) is 2. The lowest BCUT2D eigenvalue weighted by Crippen LogP contribution is -2.43. The lowest BCUT2D eigenvalue weighted by molar-refractivity contribution is -0.277. The Bertz CT molecular complexity index is 234. The molecule has 0 aliphatic heterocycles. The third-order valence-electron chi connectivity index (χ3n) is 0.927. The molecule has 0 aliphatic rings. The summed E-state index contributed by atoms with van der Waals surface area (Å²) < 4.78 is 55.5. The Hall–Kier alpha value is -1.41. The van der Waals surface area contributed by atoms with E-state index in [0.717, 1.165) is 0 Å². The van der Waals surface area contributed by atoms with Crippen LogP contribution in [0, 0.1) is 0 Å². The Morgan fingerprint density at radius 1 is 1.07 bits per heavy atom. The standard InChI is InChI=1S/C3HF5O2.C3H6O2/c4-2(5,1(9)10)3(6,7)8;1-2-3(4)5/h(H,9,10);2H2,1H3,(H,4,5). The van der Waals surface area contributed by atoms with E-state index in [1.165, 1.54) is 0 Å². The van der Waals surface area contributed by atoms with Gasteiger partial charge in [0, 0.05) is 6.42 Å². The van der Waals surface area contributed by atoms with E-state index in [2.05, 4.69) is 0 Å². The second kappa shape index (κ2) is 5.47. The molecular formula is C6H7F5O4. The first-order chi connectivity index (χ1) is 6.46. The van der Waals surface area contributed by atoms with E-state index in [1.54, 1.807) is 6.92 Å². The van der Waals surface area contributed by atoms with Crippen LogP contribution in [0.15, 0.2) is 0 Å². The summed E-state index contributed by atoms with van der Waals surface area (Å²) in [5.41, 5.74) is 0. The fourth-order valence-electron chi connectivity index (χ4n) is 0.121. The predicted octanol–water partition coefficient (Wildman–Crippen LogP) is 1.75. The van der Waals surface area contributed by atoms with Crippen molar-refractivity contribution in [3.05, 3.63) is 0 Å². The van der Waals surface area contributed by atoms with Crippen molar-refractivity contribution in [2.45, 2.75) is 25.4 Å². The van der Waals surface area contributed by atoms with Gasteiger partial charge in [0.15, 0.2) is 0 Å². The second-order valence-electron chi connectivity index (χ2n) is 2.12. The molecule has 15 heavy (non-hydrogen) atoms. The van der Waals surface area contributed by atoms with E-state index >= 15 is 0 Å². The maximum absolute atomic E-state index is 11.3. The summed E-state index contributed by atoms with van der Waals surface area (Å²) >= 11 is 0. The van der Waals surface area contributed by atoms with Crippen molar-refractivity contribution in [2.24, 2.45) is 0 Å². The predicted molar refractivity (Wildman–Crippen MR) is 36.6 cm³/mol. The Morgan fingerprint density at radius 3 is 1.33 bits per heavy atom. The smallest absolute Gasteiger partial charge is 0.465 e. The maximum atomic E-state index is 11.3. The monoisotopic (exact) mass is 238 g/mol. The van der Waals surface area contributed by atoms with Gasteiger partial charge < -0.3 is 10.2 Å². The minimum Gasteiger partial charge on any atom is -0.481 e. The molecule has 90 valence electrons. The van der Waals surface area contributed by atoms with Crippen LogP contribution in [0.25, 0.3) is 0 Å². The number of alkyl halides is 5. The van der Waals surface area contributed by atoms with E-state index in [9.17, 15) is 31.5 Å². The zero-order valence-electron chi connectivity index (χ0n) is 7.31. The topological polar surface area (TPSA) is 74.6 Å². The van der Waals surface area contributed by atoms with Gasteiger partial charge in [-0.05, 0) is 0 Å². The van der Waals surface area contributed by atoms with E-state index in [-0.39, 0.29) is 6.42 Å². The van der Waals surface area contributed by atoms with Crippen molar-refractivity contribution in [3.8, 4) is 0 Å². The van der Waals surface area contributed by atoms with Crippen molar-refractivity contribution in [1.82, 2.24) is 0 Å². The molecule has 0 atom stereocenters. The molecule has 0 heterocycles. The van der Waals surface area contributed by atoms with E-state index < -0.39 is 24.0 Å². The number of hydrogen-bond acceptors (Lipinski definition) is 2. The van der Waals surface area contributed by atoms with Crippen LogP contribution in [-0.4, -0.2) is 34.3 Å². The highest BCUT2D eigenvalue weighted by molar-refractivity contribution is 5.76. The molecule has 0 spiro atoms. The first-order valence-corrected chi connectivity index (χ1v) is 3.36. The molecule has 2 N–H and O–H groups in total. The highest BCUT2D eigenvalue weighted by Gasteiger charge is 2.64. The van der Waals surface area contributed by atoms with Gasteiger partial charge in [-0.3, -0.25) is 4.79 Å². The van der Waals surface area contributed by atoms with Gasteiger partial charge in [0.1, 0.15) is 0 Å². The summed E-state index contributed by atoms with van der Waals surface area (Å²) in [6.07, 6.45) is -5.79. The maximum Gasteiger partial charge on any atom is 0.465 e. The number of carboxylic acid groups (broad SMARTS) is 2. The van der Waals surface area contributed by atoms with Gasteiger partial charge in [0.2, 0.25) is 0 Å². The molecule has 0 unspecified atom stereocenters. The van der Waals surface area contributed by atoms with Gasteiger partial charge in [-0.15, -0.1) is 0 Å². The molecule has 0 aromatic carbocycles. The van der Waals surface area contributed by atoms with E-state index in [1.807, 2.05) is 0 Å². The molecule has 0 fully saturated rings. The number of halogens is 5. The number of rotatable bonds is 2. The summed E-state index contributed by atoms with van der Waals surface area (Å²) in [6.45, 7) is 1.60. The van der Waals surface area contributed by atoms with Crippen molar-refractivity contribution in [3.63, 3.8) is 0 Å². The second-order valence-corrected chi connectivity index (χ2v) is 2.12. The molecule has 0 aliphatic carbocycles. The first-order valence-electron chi connectivity index (χ1n) is 3.36. The van der Waals surface area contributed by atoms with E-state index in [0.29, 0.717) is 0 Å². The van der Waals surface area contributed by atoms with Crippen LogP contribution in [-0.2, 0) is 9.59 Å². The Labute approximate surface area is 80.3 Å². The summed E-state index contributed by atoms with van der Waals surface area (Å²) in [6, 6.07) is 0. The third-order valence-corrected chi connectivity index (χ3v) is 0.927. The van der Waals surface area contributed by atoms with Crippen LogP contribution in [0.4, 0.5) is 22.0 Å². The van der Waals surface area contributed by atoms with Gasteiger partial charge >= 0.3 is 24.0 Å². The van der Waals surface area contributed by atoms with Gasteiger partial charge in [-0.2, -0.15) is 22.0 Å². The van der Waals surface area contributed by atoms with Crippen LogP contribution in [0.1, 0.15) is 13.3 Å². The van der Waals surface area contributed by atoms with Gasteiger partial charge in [0.25, 0.3) is 0 Å². The molecule has 0 rings (SSSR count). The van der Waals surface area contributed by atoms with Crippen LogP contribution < -0.4 is 0 Å². The lowest BCUT2D eigenvalue weighted by atomic mass is 10.3. The number of aliphatic carboxylic acids is 2. The van der Waals surface area contributed by atoms with Crippen molar-refractivity contribution in [1.29, 1.82) is 0 Å². The molecular weight excluding hydrogens is 231 g/mol. The van der Waals surface area contributed by atoms with Gasteiger partial charge in [-0.25, -0.2) is 4.79 Å². The number of carbonyl (C=O) groups is 2. The van der Waals surface area contributed by atoms with Crippen LogP contribution in [0.2, 0.25) is 0 Å². The van der Waals surface area contributed by atoms with Crippen molar-refractivity contribution >= 4 is 11.9 Å². The first kappa shape index (κ1) is 16.0. The fourth-order valence-corrected chi connectivity index (χ4v) is 0.121. The fraction of sp³-hybridized carbons (Fsp3) is 0.667. The Balaban J connectivity index is 0. The summed E-state index contributed by atoms with van der Waals surface area (Å²) in [7, 11) is 0. The zero-order valence-corrected chi connectivity index (χ0v) is 7.31. The highest BCUT2D eigenvalue weighted by atomic mass is 19.4. The molecule has 0 saturated heterocycles. The average molecular weight is 238 g/mol. The normalized spacial score (nSPS) is 11.3. The molecule has 0 bridgehead atoms. The lowest BCUT2D eigenvalue weighted by Gasteiger charge is -2.13. The largest absolute Gasteiger partial charge is 0.481 e. The molecule has 0 radical (unpaired) electrons. The summed E-state index contributed by atoms with van der Waals surface area (Å²) in [5.74, 6) is -9.59. The van der Waals surface area contributed by atoms with Crippen LogP contribution in [0.3, 0.4) is 0 Å². The van der Waals surface area contributed by atoms with E-state index in [4.69, 9.17) is 10.2 Å². The molecule has 0 amide bonds. The Kier molecular flexibility index (Phi) is 5.84. The minimum absolute atomic E-state index is 0.222. The number of carboxylic acids is 2. The highest BCUT2D eigenvalue weighted by Crippen LogP contribution is 2.35. The van der Waals surface area contributed by atoms with Crippen molar-refractivity contribution < 1.29 is 41.8 Å². The molecule has 4 nitrogen and oxygen atoms in total. The Morgan fingerprint density at radius 2 is 1.33 bits per heavy atom. The van der Waals surface area contributed by atoms with Crippen LogP contribution >= 0.6 is 0 Å². The molecule has 9 heteroatoms. The molecule has 0 aromatic rings. The van der Waals surface area contributed by atoms with Gasteiger partial charge in [0.05, 0.1) is 0 Å². The zero-order chi connectivity index (χ0) is 12.9. The quantitative estimate of drug-likeness (QED) is 0.718. The average Bonchev–Trinajstić information content (AvgIpc) is 2.03. The summed E-state index contributed by atoms with van der Waals surface area (Å²) in [5, 5.41) is 15.0. The molecule has 0 saturated carbocycles.